The summed E-state index contributed by atoms with van der Waals surface area (Å²) < 4.78 is 18.3. The van der Waals surface area contributed by atoms with Crippen molar-refractivity contribution in [1.82, 2.24) is 4.57 Å². The molecule has 0 spiro atoms. The highest BCUT2D eigenvalue weighted by Gasteiger charge is 2.25. The van der Waals surface area contributed by atoms with E-state index >= 15 is 0 Å². The number of hydrogen-bond acceptors (Lipinski definition) is 8. The van der Waals surface area contributed by atoms with Gasteiger partial charge in [-0.05, 0) is 62.9 Å². The molecule has 0 aliphatic carbocycles. The Labute approximate surface area is 219 Å². The average Bonchev–Trinajstić information content (AvgIpc) is 3.51. The molecule has 1 aromatic heterocycles. The predicted octanol–water partition coefficient (Wildman–Crippen LogP) is 4.82. The van der Waals surface area contributed by atoms with Crippen LogP contribution in [0, 0.1) is 24.0 Å². The summed E-state index contributed by atoms with van der Waals surface area (Å²) in [6.45, 7) is 5.55. The number of rotatable bonds is 8. The van der Waals surface area contributed by atoms with Crippen LogP contribution in [0.4, 0.5) is 11.4 Å². The number of anilines is 1. The number of carbonyl (C=O) groups excluding carboxylic acids is 2. The first-order chi connectivity index (χ1) is 18.3. The molecular formula is C28H29N3O7. The molecule has 0 atom stereocenters. The Morgan fingerprint density at radius 2 is 1.74 bits per heavy atom. The van der Waals surface area contributed by atoms with Crippen LogP contribution in [0.15, 0.2) is 42.5 Å². The molecule has 1 fully saturated rings. The number of piperidine rings is 1. The number of nitro benzene ring substituents is 1. The van der Waals surface area contributed by atoms with E-state index in [1.165, 1.54) is 12.1 Å². The van der Waals surface area contributed by atoms with E-state index in [9.17, 15) is 19.7 Å². The SMILES string of the molecule is Cc1cc(C(=O)COC(=O)c2cc([N+](=O)[O-])ccc2N2CCCCC2)c(C)n1Cc1ccc2c(c1)OCO2. The maximum Gasteiger partial charge on any atom is 0.340 e. The number of fused-ring (bicyclic) bond motifs is 1. The average molecular weight is 520 g/mol. The van der Waals surface area contributed by atoms with Crippen molar-refractivity contribution >= 4 is 23.1 Å². The third-order valence-electron chi connectivity index (χ3n) is 7.09. The van der Waals surface area contributed by atoms with E-state index in [1.54, 1.807) is 12.1 Å². The van der Waals surface area contributed by atoms with Gasteiger partial charge in [0.05, 0.1) is 16.2 Å². The number of carbonyl (C=O) groups is 2. The molecule has 0 unspecified atom stereocenters. The number of aryl methyl sites for hydroxylation is 1. The number of nitro groups is 1. The van der Waals surface area contributed by atoms with Crippen LogP contribution in [-0.4, -0.2) is 47.7 Å². The summed E-state index contributed by atoms with van der Waals surface area (Å²) >= 11 is 0. The number of ketones is 1. The number of nitrogens with zero attached hydrogens (tertiary/aromatic N) is 3. The van der Waals surface area contributed by atoms with Gasteiger partial charge in [-0.15, -0.1) is 0 Å². The van der Waals surface area contributed by atoms with Gasteiger partial charge in [0.15, 0.2) is 18.1 Å². The zero-order valence-electron chi connectivity index (χ0n) is 21.4. The normalized spacial score (nSPS) is 14.4. The highest BCUT2D eigenvalue weighted by Crippen LogP contribution is 2.33. The molecule has 2 aromatic carbocycles. The van der Waals surface area contributed by atoms with Crippen molar-refractivity contribution < 1.29 is 28.7 Å². The standard InChI is InChI=1S/C28H29N3O7/c1-18-12-22(19(2)30(18)15-20-6-9-26-27(13-20)38-17-37-26)25(32)16-36-28(33)23-14-21(31(34)35)7-8-24(23)29-10-4-3-5-11-29/h6-9,12-14H,3-5,10-11,15-17H2,1-2H3. The predicted molar refractivity (Wildman–Crippen MR) is 139 cm³/mol. The lowest BCUT2D eigenvalue weighted by Crippen LogP contribution is -2.31. The number of ether oxygens (including phenoxy) is 3. The van der Waals surface area contributed by atoms with E-state index in [0.717, 1.165) is 49.3 Å². The second kappa shape index (κ2) is 10.6. The lowest BCUT2D eigenvalue weighted by Gasteiger charge is -2.30. The zero-order chi connectivity index (χ0) is 26.8. The number of esters is 1. The molecule has 1 saturated heterocycles. The molecule has 2 aliphatic rings. The summed E-state index contributed by atoms with van der Waals surface area (Å²) in [4.78, 5) is 39.0. The topological polar surface area (TPSA) is 113 Å². The maximum atomic E-state index is 13.1. The maximum absolute atomic E-state index is 13.1. The molecule has 0 radical (unpaired) electrons. The lowest BCUT2D eigenvalue weighted by atomic mass is 10.1. The van der Waals surface area contributed by atoms with Crippen LogP contribution in [0.5, 0.6) is 11.5 Å². The Bertz CT molecular complexity index is 1410. The van der Waals surface area contributed by atoms with Gasteiger partial charge in [0.1, 0.15) is 0 Å². The largest absolute Gasteiger partial charge is 0.454 e. The molecular weight excluding hydrogens is 490 g/mol. The van der Waals surface area contributed by atoms with Gasteiger partial charge in [0.2, 0.25) is 12.6 Å². The van der Waals surface area contributed by atoms with Crippen LogP contribution >= 0.6 is 0 Å². The molecule has 0 amide bonds. The highest BCUT2D eigenvalue weighted by atomic mass is 16.7. The van der Waals surface area contributed by atoms with Crippen molar-refractivity contribution in [2.24, 2.45) is 0 Å². The van der Waals surface area contributed by atoms with Crippen molar-refractivity contribution in [3.05, 3.63) is 80.7 Å². The second-order valence-electron chi connectivity index (χ2n) is 9.56. The van der Waals surface area contributed by atoms with Gasteiger partial charge in [-0.25, -0.2) is 4.79 Å². The fraction of sp³-hybridized carbons (Fsp3) is 0.357. The molecule has 38 heavy (non-hydrogen) atoms. The third-order valence-corrected chi connectivity index (χ3v) is 7.09. The molecule has 3 heterocycles. The zero-order valence-corrected chi connectivity index (χ0v) is 21.4. The van der Waals surface area contributed by atoms with Gasteiger partial charge in [0.25, 0.3) is 5.69 Å². The first-order valence-corrected chi connectivity index (χ1v) is 12.6. The second-order valence-corrected chi connectivity index (χ2v) is 9.56. The summed E-state index contributed by atoms with van der Waals surface area (Å²) in [5.74, 6) is 0.308. The van der Waals surface area contributed by atoms with Crippen molar-refractivity contribution in [1.29, 1.82) is 0 Å². The van der Waals surface area contributed by atoms with Crippen LogP contribution in [0.25, 0.3) is 0 Å². The van der Waals surface area contributed by atoms with Crippen LogP contribution in [0.1, 0.15) is 56.9 Å². The minimum absolute atomic E-state index is 0.0992. The number of hydrogen-bond donors (Lipinski definition) is 0. The number of aromatic nitrogens is 1. The molecule has 10 heteroatoms. The molecule has 10 nitrogen and oxygen atoms in total. The van der Waals surface area contributed by atoms with Crippen LogP contribution < -0.4 is 14.4 Å². The Kier molecular flexibility index (Phi) is 7.04. The van der Waals surface area contributed by atoms with Gasteiger partial charge < -0.3 is 23.7 Å². The Balaban J connectivity index is 1.31. The van der Waals surface area contributed by atoms with Crippen LogP contribution in [0.3, 0.4) is 0 Å². The van der Waals surface area contributed by atoms with Gasteiger partial charge >= 0.3 is 5.97 Å². The quantitative estimate of drug-likeness (QED) is 0.180. The summed E-state index contributed by atoms with van der Waals surface area (Å²) in [6, 6.07) is 11.7. The van der Waals surface area contributed by atoms with Gasteiger partial charge in [-0.2, -0.15) is 0 Å². The van der Waals surface area contributed by atoms with Gasteiger partial charge in [-0.1, -0.05) is 6.07 Å². The number of benzene rings is 2. The van der Waals surface area contributed by atoms with E-state index in [-0.39, 0.29) is 23.8 Å². The van der Waals surface area contributed by atoms with Crippen molar-refractivity contribution in [3.63, 3.8) is 0 Å². The first-order valence-electron chi connectivity index (χ1n) is 12.6. The summed E-state index contributed by atoms with van der Waals surface area (Å²) in [7, 11) is 0. The van der Waals surface area contributed by atoms with E-state index in [2.05, 4.69) is 0 Å². The number of Topliss-reactive ketones (excluding diaryl/α,β-unsaturated/α-hetero) is 1. The van der Waals surface area contributed by atoms with Gasteiger partial charge in [0, 0.05) is 48.7 Å². The van der Waals surface area contributed by atoms with E-state index in [1.807, 2.05) is 41.5 Å². The van der Waals surface area contributed by atoms with E-state index < -0.39 is 17.5 Å². The summed E-state index contributed by atoms with van der Waals surface area (Å²) in [5.41, 5.74) is 3.60. The lowest BCUT2D eigenvalue weighted by molar-refractivity contribution is -0.384. The molecule has 0 saturated carbocycles. The summed E-state index contributed by atoms with van der Waals surface area (Å²) in [5, 5.41) is 11.3. The van der Waals surface area contributed by atoms with Gasteiger partial charge in [-0.3, -0.25) is 14.9 Å². The Morgan fingerprint density at radius 1 is 0.974 bits per heavy atom. The van der Waals surface area contributed by atoms with Crippen molar-refractivity contribution in [3.8, 4) is 11.5 Å². The van der Waals surface area contributed by atoms with Crippen molar-refractivity contribution in [2.75, 3.05) is 31.4 Å². The van der Waals surface area contributed by atoms with Crippen LogP contribution in [0.2, 0.25) is 0 Å². The summed E-state index contributed by atoms with van der Waals surface area (Å²) in [6.07, 6.45) is 3.06. The smallest absolute Gasteiger partial charge is 0.340 e. The molecule has 0 N–H and O–H groups in total. The van der Waals surface area contributed by atoms with Crippen LogP contribution in [-0.2, 0) is 11.3 Å². The van der Waals surface area contributed by atoms with E-state index in [0.29, 0.717) is 29.3 Å². The van der Waals surface area contributed by atoms with E-state index in [4.69, 9.17) is 14.2 Å². The first kappa shape index (κ1) is 25.3. The minimum atomic E-state index is -0.753. The Morgan fingerprint density at radius 3 is 2.50 bits per heavy atom. The Hall–Kier alpha value is -4.34. The fourth-order valence-corrected chi connectivity index (χ4v) is 5.05. The molecule has 3 aromatic rings. The molecule has 198 valence electrons. The van der Waals surface area contributed by atoms with Crippen molar-refractivity contribution in [2.45, 2.75) is 39.7 Å². The minimum Gasteiger partial charge on any atom is -0.454 e. The highest BCUT2D eigenvalue weighted by molar-refractivity contribution is 6.02. The monoisotopic (exact) mass is 519 g/mol. The fourth-order valence-electron chi connectivity index (χ4n) is 5.05. The molecule has 0 bridgehead atoms. The third kappa shape index (κ3) is 5.06. The number of non-ortho nitro benzene ring substituents is 1. The molecule has 5 rings (SSSR count). The molecule has 2 aliphatic heterocycles.